The summed E-state index contributed by atoms with van der Waals surface area (Å²) in [7, 11) is 0. The van der Waals surface area contributed by atoms with Gasteiger partial charge in [-0.05, 0) is 56.1 Å². The molecule has 1 aromatic rings. The average Bonchev–Trinajstić information content (AvgIpc) is 3.48. The van der Waals surface area contributed by atoms with Crippen molar-refractivity contribution in [3.63, 3.8) is 0 Å². The highest BCUT2D eigenvalue weighted by Crippen LogP contribution is 2.54. The Hall–Kier alpha value is -2.44. The molecule has 0 unspecified atom stereocenters. The van der Waals surface area contributed by atoms with E-state index in [1.807, 2.05) is 11.0 Å². The van der Waals surface area contributed by atoms with Gasteiger partial charge in [0.2, 0.25) is 0 Å². The summed E-state index contributed by atoms with van der Waals surface area (Å²) in [5, 5.41) is 7.41. The molecule has 0 aromatic carbocycles. The average molecular weight is 396 g/mol. The van der Waals surface area contributed by atoms with E-state index in [1.165, 1.54) is 12.8 Å². The molecule has 2 atom stereocenters. The Morgan fingerprint density at radius 1 is 1.14 bits per heavy atom. The molecular weight excluding hydrogens is 368 g/mol. The van der Waals surface area contributed by atoms with Crippen molar-refractivity contribution in [2.45, 2.75) is 63.5 Å². The van der Waals surface area contributed by atoms with Crippen LogP contribution in [0.3, 0.4) is 0 Å². The number of rotatable bonds is 3. The number of fused-ring (bicyclic) bond motifs is 2. The zero-order chi connectivity index (χ0) is 19.8. The van der Waals surface area contributed by atoms with Crippen LogP contribution in [0.15, 0.2) is 29.7 Å². The first kappa shape index (κ1) is 18.6. The number of likely N-dealkylation sites (tertiary alicyclic amines) is 1. The Morgan fingerprint density at radius 3 is 2.66 bits per heavy atom. The van der Waals surface area contributed by atoms with Gasteiger partial charge in [0.15, 0.2) is 5.71 Å². The molecule has 154 valence electrons. The van der Waals surface area contributed by atoms with E-state index in [0.717, 1.165) is 38.5 Å². The number of carbonyl (C=O) groups excluding carboxylic acids is 2. The van der Waals surface area contributed by atoms with E-state index in [9.17, 15) is 9.59 Å². The van der Waals surface area contributed by atoms with Gasteiger partial charge in [-0.1, -0.05) is 18.0 Å². The second-order valence-electron chi connectivity index (χ2n) is 8.99. The molecule has 1 saturated heterocycles. The lowest BCUT2D eigenvalue weighted by atomic mass is 9.68. The number of pyridine rings is 1. The molecule has 3 fully saturated rings. The van der Waals surface area contributed by atoms with Gasteiger partial charge in [-0.25, -0.2) is 0 Å². The molecule has 2 aliphatic heterocycles. The summed E-state index contributed by atoms with van der Waals surface area (Å²) in [6, 6.07) is 3.89. The SMILES string of the molecule is O=C(NC1CCCC1)C1=NO[C@@H]2CCC3(CCN(C(=O)c4cccnc4)CC3)[C@H]12. The molecule has 1 aromatic heterocycles. The molecule has 5 rings (SSSR count). The number of amides is 2. The summed E-state index contributed by atoms with van der Waals surface area (Å²) in [5.41, 5.74) is 1.24. The van der Waals surface area contributed by atoms with Crippen LogP contribution in [0.1, 0.15) is 61.7 Å². The van der Waals surface area contributed by atoms with E-state index in [2.05, 4.69) is 15.5 Å². The van der Waals surface area contributed by atoms with Gasteiger partial charge in [-0.15, -0.1) is 0 Å². The van der Waals surface area contributed by atoms with Crippen molar-refractivity contribution in [2.24, 2.45) is 16.5 Å². The minimum Gasteiger partial charge on any atom is -0.391 e. The van der Waals surface area contributed by atoms with Crippen LogP contribution in [0, 0.1) is 11.3 Å². The largest absolute Gasteiger partial charge is 0.391 e. The van der Waals surface area contributed by atoms with Crippen molar-refractivity contribution in [1.29, 1.82) is 0 Å². The topological polar surface area (TPSA) is 83.9 Å². The molecule has 3 heterocycles. The standard InChI is InChI=1S/C22H28N4O3/c27-20(24-16-5-1-2-6-16)19-18-17(29-25-19)7-8-22(18)9-12-26(13-10-22)21(28)15-4-3-11-23-14-15/h3-4,11,14,16-18H,1-2,5-10,12-13H2,(H,24,27)/t17-,18+/m1/s1. The Balaban J connectivity index is 1.27. The van der Waals surface area contributed by atoms with E-state index in [0.29, 0.717) is 24.4 Å². The molecule has 1 spiro atoms. The third-order valence-electron chi connectivity index (χ3n) is 7.42. The van der Waals surface area contributed by atoms with Crippen LogP contribution in [0.25, 0.3) is 0 Å². The van der Waals surface area contributed by atoms with Gasteiger partial charge in [0.05, 0.1) is 11.5 Å². The van der Waals surface area contributed by atoms with Crippen molar-refractivity contribution < 1.29 is 14.4 Å². The molecule has 2 saturated carbocycles. The van der Waals surface area contributed by atoms with Crippen molar-refractivity contribution in [2.75, 3.05) is 13.1 Å². The highest BCUT2D eigenvalue weighted by atomic mass is 16.6. The van der Waals surface area contributed by atoms with Crippen LogP contribution in [-0.2, 0) is 9.63 Å². The van der Waals surface area contributed by atoms with E-state index in [1.54, 1.807) is 18.5 Å². The minimum absolute atomic E-state index is 0.0126. The molecule has 0 bridgehead atoms. The first-order valence-electron chi connectivity index (χ1n) is 10.9. The quantitative estimate of drug-likeness (QED) is 0.851. The van der Waals surface area contributed by atoms with Crippen LogP contribution >= 0.6 is 0 Å². The third kappa shape index (κ3) is 3.30. The van der Waals surface area contributed by atoms with Crippen molar-refractivity contribution in [3.05, 3.63) is 30.1 Å². The van der Waals surface area contributed by atoms with Gasteiger partial charge < -0.3 is 15.1 Å². The van der Waals surface area contributed by atoms with Crippen molar-refractivity contribution in [1.82, 2.24) is 15.2 Å². The Labute approximate surface area is 170 Å². The van der Waals surface area contributed by atoms with Crippen LogP contribution in [0.5, 0.6) is 0 Å². The lowest BCUT2D eigenvalue weighted by Crippen LogP contribution is -2.49. The Bertz CT molecular complexity index is 811. The highest BCUT2D eigenvalue weighted by molar-refractivity contribution is 6.40. The Morgan fingerprint density at radius 2 is 1.93 bits per heavy atom. The summed E-state index contributed by atoms with van der Waals surface area (Å²) in [5.74, 6) is 0.0529. The van der Waals surface area contributed by atoms with E-state index in [-0.39, 0.29) is 35.3 Å². The van der Waals surface area contributed by atoms with Crippen LogP contribution in [-0.4, -0.2) is 52.6 Å². The summed E-state index contributed by atoms with van der Waals surface area (Å²) < 4.78 is 0. The molecular formula is C22H28N4O3. The maximum atomic E-state index is 12.9. The number of nitrogens with one attached hydrogen (secondary N) is 1. The Kier molecular flexibility index (Phi) is 4.76. The molecule has 7 heteroatoms. The third-order valence-corrected chi connectivity index (χ3v) is 7.42. The van der Waals surface area contributed by atoms with Gasteiger partial charge in [-0.2, -0.15) is 0 Å². The molecule has 2 amide bonds. The fraction of sp³-hybridized carbons (Fsp3) is 0.636. The van der Waals surface area contributed by atoms with E-state index >= 15 is 0 Å². The zero-order valence-corrected chi connectivity index (χ0v) is 16.7. The van der Waals surface area contributed by atoms with Gasteiger partial charge in [0.1, 0.15) is 6.10 Å². The number of nitrogens with zero attached hydrogens (tertiary/aromatic N) is 3. The summed E-state index contributed by atoms with van der Waals surface area (Å²) in [6.45, 7) is 1.41. The summed E-state index contributed by atoms with van der Waals surface area (Å²) >= 11 is 0. The molecule has 1 N–H and O–H groups in total. The lowest BCUT2D eigenvalue weighted by Gasteiger charge is -2.42. The maximum absolute atomic E-state index is 12.9. The number of oxime groups is 1. The molecule has 0 radical (unpaired) electrons. The van der Waals surface area contributed by atoms with Crippen LogP contribution in [0.2, 0.25) is 0 Å². The second-order valence-corrected chi connectivity index (χ2v) is 8.99. The number of aromatic nitrogens is 1. The second kappa shape index (κ2) is 7.43. The van der Waals surface area contributed by atoms with Gasteiger partial charge in [0, 0.05) is 31.5 Å². The fourth-order valence-electron chi connectivity index (χ4n) is 5.81. The number of piperidine rings is 1. The van der Waals surface area contributed by atoms with Crippen LogP contribution in [0.4, 0.5) is 0 Å². The van der Waals surface area contributed by atoms with Gasteiger partial charge >= 0.3 is 0 Å². The minimum atomic E-state index is -0.0421. The highest BCUT2D eigenvalue weighted by Gasteiger charge is 2.57. The predicted molar refractivity (Wildman–Crippen MR) is 107 cm³/mol. The van der Waals surface area contributed by atoms with Crippen molar-refractivity contribution >= 4 is 17.5 Å². The number of hydrogen-bond acceptors (Lipinski definition) is 5. The first-order valence-corrected chi connectivity index (χ1v) is 10.9. The number of hydrogen-bond donors (Lipinski definition) is 1. The molecule has 2 aliphatic carbocycles. The first-order chi connectivity index (χ1) is 14.2. The maximum Gasteiger partial charge on any atom is 0.269 e. The van der Waals surface area contributed by atoms with Gasteiger partial charge in [0.25, 0.3) is 11.8 Å². The van der Waals surface area contributed by atoms with Crippen molar-refractivity contribution in [3.8, 4) is 0 Å². The van der Waals surface area contributed by atoms with E-state index < -0.39 is 0 Å². The molecule has 4 aliphatic rings. The number of carbonyl (C=O) groups is 2. The monoisotopic (exact) mass is 396 g/mol. The molecule has 29 heavy (non-hydrogen) atoms. The zero-order valence-electron chi connectivity index (χ0n) is 16.7. The normalized spacial score (nSPS) is 28.1. The smallest absolute Gasteiger partial charge is 0.269 e. The summed E-state index contributed by atoms with van der Waals surface area (Å²) in [4.78, 5) is 37.4. The van der Waals surface area contributed by atoms with Crippen LogP contribution < -0.4 is 5.32 Å². The lowest BCUT2D eigenvalue weighted by molar-refractivity contribution is -0.115. The fourth-order valence-corrected chi connectivity index (χ4v) is 5.81. The summed E-state index contributed by atoms with van der Waals surface area (Å²) in [6.07, 6.45) is 11.6. The molecule has 7 nitrogen and oxygen atoms in total. The van der Waals surface area contributed by atoms with E-state index in [4.69, 9.17) is 4.84 Å². The van der Waals surface area contributed by atoms with Gasteiger partial charge in [-0.3, -0.25) is 14.6 Å². The predicted octanol–water partition coefficient (Wildman–Crippen LogP) is 2.53.